The standard InChI is InChI=1S/C11H16N2O4S/c1-17-11(14)9(7-12)6-8-2-4-10(5-3-8)18(13,15)16/h2-5,9H,6-7,12H2,1H3,(H2,13,15,16). The van der Waals surface area contributed by atoms with Crippen LogP contribution in [0.5, 0.6) is 0 Å². The van der Waals surface area contributed by atoms with Crippen molar-refractivity contribution in [3.05, 3.63) is 29.8 Å². The SMILES string of the molecule is COC(=O)C(CN)Cc1ccc(S(N)(=O)=O)cc1. The monoisotopic (exact) mass is 272 g/mol. The Morgan fingerprint density at radius 1 is 1.33 bits per heavy atom. The van der Waals surface area contributed by atoms with Crippen LogP contribution in [-0.4, -0.2) is 28.0 Å². The molecule has 0 spiro atoms. The first-order valence-electron chi connectivity index (χ1n) is 5.28. The number of esters is 1. The maximum absolute atomic E-state index is 11.4. The van der Waals surface area contributed by atoms with Crippen LogP contribution in [0.1, 0.15) is 5.56 Å². The van der Waals surface area contributed by atoms with E-state index in [4.69, 9.17) is 10.9 Å². The van der Waals surface area contributed by atoms with Crippen LogP contribution in [0.4, 0.5) is 0 Å². The molecule has 4 N–H and O–H groups in total. The van der Waals surface area contributed by atoms with Crippen LogP contribution < -0.4 is 10.9 Å². The van der Waals surface area contributed by atoms with E-state index in [2.05, 4.69) is 4.74 Å². The lowest BCUT2D eigenvalue weighted by Crippen LogP contribution is -2.26. The Morgan fingerprint density at radius 3 is 2.28 bits per heavy atom. The average Bonchev–Trinajstić information content (AvgIpc) is 2.34. The van der Waals surface area contributed by atoms with Crippen LogP contribution in [0.3, 0.4) is 0 Å². The number of nitrogens with two attached hydrogens (primary N) is 2. The van der Waals surface area contributed by atoms with E-state index in [0.29, 0.717) is 6.42 Å². The molecule has 0 radical (unpaired) electrons. The van der Waals surface area contributed by atoms with Gasteiger partial charge >= 0.3 is 5.97 Å². The van der Waals surface area contributed by atoms with Crippen molar-refractivity contribution in [2.24, 2.45) is 16.8 Å². The fourth-order valence-corrected chi connectivity index (χ4v) is 2.04. The van der Waals surface area contributed by atoms with Gasteiger partial charge in [0.1, 0.15) is 0 Å². The summed E-state index contributed by atoms with van der Waals surface area (Å²) in [6, 6.07) is 6.00. The molecule has 18 heavy (non-hydrogen) atoms. The minimum atomic E-state index is -3.69. The van der Waals surface area contributed by atoms with Crippen molar-refractivity contribution in [3.8, 4) is 0 Å². The Hall–Kier alpha value is -1.44. The second-order valence-electron chi connectivity index (χ2n) is 3.85. The highest BCUT2D eigenvalue weighted by molar-refractivity contribution is 7.89. The van der Waals surface area contributed by atoms with Gasteiger partial charge in [0.15, 0.2) is 0 Å². The molecular formula is C11H16N2O4S. The van der Waals surface area contributed by atoms with Gasteiger partial charge in [-0.25, -0.2) is 13.6 Å². The van der Waals surface area contributed by atoms with E-state index in [1.807, 2.05) is 0 Å². The lowest BCUT2D eigenvalue weighted by atomic mass is 10.00. The van der Waals surface area contributed by atoms with Crippen LogP contribution >= 0.6 is 0 Å². The zero-order valence-electron chi connectivity index (χ0n) is 10.00. The largest absolute Gasteiger partial charge is 0.469 e. The molecule has 0 aliphatic heterocycles. The molecule has 0 saturated carbocycles. The summed E-state index contributed by atoms with van der Waals surface area (Å²) >= 11 is 0. The number of rotatable bonds is 5. The number of benzene rings is 1. The average molecular weight is 272 g/mol. The molecule has 100 valence electrons. The van der Waals surface area contributed by atoms with Gasteiger partial charge in [-0.05, 0) is 24.1 Å². The van der Waals surface area contributed by atoms with Gasteiger partial charge in [0, 0.05) is 6.54 Å². The Morgan fingerprint density at radius 2 is 1.89 bits per heavy atom. The van der Waals surface area contributed by atoms with Crippen LogP contribution in [0.15, 0.2) is 29.2 Å². The van der Waals surface area contributed by atoms with Crippen molar-refractivity contribution in [1.82, 2.24) is 0 Å². The molecule has 0 aromatic heterocycles. The number of carbonyl (C=O) groups excluding carboxylic acids is 1. The van der Waals surface area contributed by atoms with E-state index in [0.717, 1.165) is 5.56 Å². The third-order valence-electron chi connectivity index (χ3n) is 2.55. The van der Waals surface area contributed by atoms with Crippen molar-refractivity contribution in [2.45, 2.75) is 11.3 Å². The summed E-state index contributed by atoms with van der Waals surface area (Å²) in [6.45, 7) is 0.170. The quantitative estimate of drug-likeness (QED) is 0.710. The van der Waals surface area contributed by atoms with Crippen molar-refractivity contribution < 1.29 is 17.9 Å². The van der Waals surface area contributed by atoms with Crippen molar-refractivity contribution in [2.75, 3.05) is 13.7 Å². The van der Waals surface area contributed by atoms with Crippen LogP contribution in [0, 0.1) is 5.92 Å². The molecule has 1 aromatic carbocycles. The molecule has 1 atom stereocenters. The third kappa shape index (κ3) is 3.80. The molecule has 7 heteroatoms. The Balaban J connectivity index is 2.83. The first kappa shape index (κ1) is 14.6. The van der Waals surface area contributed by atoms with Crippen LogP contribution in [0.2, 0.25) is 0 Å². The molecule has 6 nitrogen and oxygen atoms in total. The number of primary sulfonamides is 1. The Labute approximate surface area is 106 Å². The number of hydrogen-bond acceptors (Lipinski definition) is 5. The smallest absolute Gasteiger partial charge is 0.310 e. The number of hydrogen-bond donors (Lipinski definition) is 2. The number of ether oxygens (including phenoxy) is 1. The van der Waals surface area contributed by atoms with Gasteiger partial charge in [0.2, 0.25) is 10.0 Å². The number of sulfonamides is 1. The highest BCUT2D eigenvalue weighted by Crippen LogP contribution is 2.13. The minimum Gasteiger partial charge on any atom is -0.469 e. The fourth-order valence-electron chi connectivity index (χ4n) is 1.53. The molecule has 1 unspecified atom stereocenters. The lowest BCUT2D eigenvalue weighted by Gasteiger charge is -2.12. The van der Waals surface area contributed by atoms with Gasteiger partial charge < -0.3 is 10.5 Å². The van der Waals surface area contributed by atoms with E-state index in [-0.39, 0.29) is 17.4 Å². The molecule has 1 rings (SSSR count). The highest BCUT2D eigenvalue weighted by Gasteiger charge is 2.18. The molecule has 1 aromatic rings. The van der Waals surface area contributed by atoms with Crippen molar-refractivity contribution >= 4 is 16.0 Å². The second kappa shape index (κ2) is 5.94. The Bertz CT molecular complexity index is 510. The van der Waals surface area contributed by atoms with E-state index in [9.17, 15) is 13.2 Å². The second-order valence-corrected chi connectivity index (χ2v) is 5.41. The molecule has 0 fully saturated rings. The van der Waals surface area contributed by atoms with Crippen LogP contribution in [0.25, 0.3) is 0 Å². The fraction of sp³-hybridized carbons (Fsp3) is 0.364. The van der Waals surface area contributed by atoms with Gasteiger partial charge in [-0.2, -0.15) is 0 Å². The maximum Gasteiger partial charge on any atom is 0.310 e. The normalized spacial score (nSPS) is 13.1. The topological polar surface area (TPSA) is 112 Å². The zero-order valence-corrected chi connectivity index (χ0v) is 10.8. The molecule has 0 bridgehead atoms. The Kier molecular flexibility index (Phi) is 4.83. The third-order valence-corrected chi connectivity index (χ3v) is 3.48. The van der Waals surface area contributed by atoms with Gasteiger partial charge in [-0.1, -0.05) is 12.1 Å². The van der Waals surface area contributed by atoms with E-state index >= 15 is 0 Å². The van der Waals surface area contributed by atoms with Crippen molar-refractivity contribution in [1.29, 1.82) is 0 Å². The maximum atomic E-state index is 11.4. The zero-order chi connectivity index (χ0) is 13.8. The molecule has 0 aliphatic rings. The first-order valence-corrected chi connectivity index (χ1v) is 6.82. The number of carbonyl (C=O) groups is 1. The summed E-state index contributed by atoms with van der Waals surface area (Å²) in [5.41, 5.74) is 6.27. The first-order chi connectivity index (χ1) is 8.38. The summed E-state index contributed by atoms with van der Waals surface area (Å²) in [4.78, 5) is 11.4. The summed E-state index contributed by atoms with van der Waals surface area (Å²) in [6.07, 6.45) is 0.397. The summed E-state index contributed by atoms with van der Waals surface area (Å²) in [5.74, 6) is -0.816. The highest BCUT2D eigenvalue weighted by atomic mass is 32.2. The summed E-state index contributed by atoms with van der Waals surface area (Å²) < 4.78 is 26.7. The minimum absolute atomic E-state index is 0.0358. The lowest BCUT2D eigenvalue weighted by molar-refractivity contribution is -0.145. The molecule has 0 aliphatic carbocycles. The van der Waals surface area contributed by atoms with E-state index in [1.54, 1.807) is 12.1 Å². The van der Waals surface area contributed by atoms with E-state index < -0.39 is 15.9 Å². The molecular weight excluding hydrogens is 256 g/mol. The molecule has 0 heterocycles. The predicted molar refractivity (Wildman–Crippen MR) is 66.1 cm³/mol. The van der Waals surface area contributed by atoms with Crippen molar-refractivity contribution in [3.63, 3.8) is 0 Å². The summed E-state index contributed by atoms with van der Waals surface area (Å²) in [7, 11) is -2.39. The molecule has 0 saturated heterocycles. The predicted octanol–water partition coefficient (Wildman–Crippen LogP) is -0.376. The molecule has 0 amide bonds. The van der Waals surface area contributed by atoms with Gasteiger partial charge in [-0.15, -0.1) is 0 Å². The van der Waals surface area contributed by atoms with Gasteiger partial charge in [0.25, 0.3) is 0 Å². The van der Waals surface area contributed by atoms with Gasteiger partial charge in [-0.3, -0.25) is 4.79 Å². The van der Waals surface area contributed by atoms with E-state index in [1.165, 1.54) is 19.2 Å². The summed E-state index contributed by atoms with van der Waals surface area (Å²) in [5, 5.41) is 4.98. The number of methoxy groups -OCH3 is 1. The van der Waals surface area contributed by atoms with Gasteiger partial charge in [0.05, 0.1) is 17.9 Å². The van der Waals surface area contributed by atoms with Crippen LogP contribution in [-0.2, 0) is 26.0 Å².